The molecule has 102 valence electrons. The zero-order valence-corrected chi connectivity index (χ0v) is 13.5. The minimum atomic E-state index is 0.0384. The first kappa shape index (κ1) is 13.7. The van der Waals surface area contributed by atoms with Crippen molar-refractivity contribution in [3.8, 4) is 0 Å². The average Bonchev–Trinajstić information content (AvgIpc) is 2.80. The summed E-state index contributed by atoms with van der Waals surface area (Å²) in [6.07, 6.45) is 0. The number of fused-ring (bicyclic) bond motifs is 1. The standard InChI is InChI=1S/C16H15BrN2S/c1-10(18)13-7-6-12(9-14(13)17)20-16-8-11-4-2-3-5-15(11)19-16/h2-10,19H,18H2,1H3/t10-/m1/s1. The lowest BCUT2D eigenvalue weighted by molar-refractivity contribution is 0.811. The molecule has 0 fully saturated rings. The maximum atomic E-state index is 5.93. The van der Waals surface area contributed by atoms with Gasteiger partial charge in [0.05, 0.1) is 5.03 Å². The van der Waals surface area contributed by atoms with Gasteiger partial charge >= 0.3 is 0 Å². The molecule has 3 N–H and O–H groups in total. The quantitative estimate of drug-likeness (QED) is 0.692. The first-order valence-corrected chi connectivity index (χ1v) is 8.05. The molecule has 0 aliphatic carbocycles. The van der Waals surface area contributed by atoms with E-state index in [2.05, 4.69) is 63.4 Å². The highest BCUT2D eigenvalue weighted by Gasteiger charge is 2.07. The molecule has 2 nitrogen and oxygen atoms in total. The van der Waals surface area contributed by atoms with Gasteiger partial charge in [0.25, 0.3) is 0 Å². The van der Waals surface area contributed by atoms with Crippen LogP contribution in [0, 0.1) is 0 Å². The van der Waals surface area contributed by atoms with Gasteiger partial charge < -0.3 is 10.7 Å². The van der Waals surface area contributed by atoms with Crippen molar-refractivity contribution in [3.63, 3.8) is 0 Å². The van der Waals surface area contributed by atoms with Gasteiger partial charge in [-0.25, -0.2) is 0 Å². The third kappa shape index (κ3) is 2.77. The highest BCUT2D eigenvalue weighted by Crippen LogP contribution is 2.33. The molecule has 0 unspecified atom stereocenters. The fraction of sp³-hybridized carbons (Fsp3) is 0.125. The van der Waals surface area contributed by atoms with Crippen molar-refractivity contribution in [1.29, 1.82) is 0 Å². The minimum absolute atomic E-state index is 0.0384. The molecule has 0 bridgehead atoms. The van der Waals surface area contributed by atoms with E-state index in [9.17, 15) is 0 Å². The minimum Gasteiger partial charge on any atom is -0.349 e. The monoisotopic (exact) mass is 346 g/mol. The molecular formula is C16H15BrN2S. The Balaban J connectivity index is 1.89. The Bertz CT molecular complexity index is 716. The first-order valence-electron chi connectivity index (χ1n) is 6.44. The number of para-hydroxylation sites is 1. The van der Waals surface area contributed by atoms with E-state index in [-0.39, 0.29) is 6.04 Å². The van der Waals surface area contributed by atoms with E-state index in [0.29, 0.717) is 0 Å². The van der Waals surface area contributed by atoms with Crippen molar-refractivity contribution in [2.24, 2.45) is 5.73 Å². The normalized spacial score (nSPS) is 12.8. The fourth-order valence-corrected chi connectivity index (χ4v) is 3.97. The van der Waals surface area contributed by atoms with Crippen LogP contribution in [0.1, 0.15) is 18.5 Å². The summed E-state index contributed by atoms with van der Waals surface area (Å²) in [7, 11) is 0. The number of nitrogens with two attached hydrogens (primary N) is 1. The SMILES string of the molecule is C[C@@H](N)c1ccc(Sc2cc3ccccc3[nH]2)cc1Br. The molecule has 0 saturated heterocycles. The maximum absolute atomic E-state index is 5.93. The molecule has 1 heterocycles. The van der Waals surface area contributed by atoms with E-state index in [1.54, 1.807) is 11.8 Å². The number of halogens is 1. The van der Waals surface area contributed by atoms with Gasteiger partial charge in [0.2, 0.25) is 0 Å². The zero-order chi connectivity index (χ0) is 14.1. The van der Waals surface area contributed by atoms with E-state index in [0.717, 1.165) is 15.1 Å². The van der Waals surface area contributed by atoms with Crippen LogP contribution in [0.25, 0.3) is 10.9 Å². The summed E-state index contributed by atoms with van der Waals surface area (Å²) in [6, 6.07) is 16.8. The van der Waals surface area contributed by atoms with Gasteiger partial charge in [-0.3, -0.25) is 0 Å². The predicted octanol–water partition coefficient (Wildman–Crippen LogP) is 5.10. The number of aromatic amines is 1. The Morgan fingerprint density at radius 2 is 1.95 bits per heavy atom. The molecule has 20 heavy (non-hydrogen) atoms. The van der Waals surface area contributed by atoms with Crippen LogP contribution in [0.4, 0.5) is 0 Å². The third-order valence-corrected chi connectivity index (χ3v) is 4.81. The summed E-state index contributed by atoms with van der Waals surface area (Å²) in [4.78, 5) is 4.61. The van der Waals surface area contributed by atoms with Crippen molar-refractivity contribution in [2.75, 3.05) is 0 Å². The van der Waals surface area contributed by atoms with E-state index in [1.807, 2.05) is 13.0 Å². The van der Waals surface area contributed by atoms with Crippen LogP contribution in [-0.2, 0) is 0 Å². The third-order valence-electron chi connectivity index (χ3n) is 3.20. The summed E-state index contributed by atoms with van der Waals surface area (Å²) in [6.45, 7) is 1.99. The van der Waals surface area contributed by atoms with Crippen molar-refractivity contribution in [2.45, 2.75) is 22.9 Å². The largest absolute Gasteiger partial charge is 0.349 e. The number of aromatic nitrogens is 1. The molecule has 0 spiro atoms. The summed E-state index contributed by atoms with van der Waals surface area (Å²) in [5.41, 5.74) is 8.22. The highest BCUT2D eigenvalue weighted by molar-refractivity contribution is 9.10. The number of benzene rings is 2. The lowest BCUT2D eigenvalue weighted by atomic mass is 10.1. The maximum Gasteiger partial charge on any atom is 0.0780 e. The number of nitrogens with one attached hydrogen (secondary N) is 1. The topological polar surface area (TPSA) is 41.8 Å². The molecular weight excluding hydrogens is 332 g/mol. The van der Waals surface area contributed by atoms with Crippen molar-refractivity contribution >= 4 is 38.6 Å². The predicted molar refractivity (Wildman–Crippen MR) is 89.2 cm³/mol. The molecule has 4 heteroatoms. The molecule has 0 aliphatic heterocycles. The molecule has 0 aliphatic rings. The molecule has 3 rings (SSSR count). The first-order chi connectivity index (χ1) is 9.63. The van der Waals surface area contributed by atoms with Crippen molar-refractivity contribution in [1.82, 2.24) is 4.98 Å². The molecule has 3 aromatic rings. The van der Waals surface area contributed by atoms with Crippen molar-refractivity contribution in [3.05, 3.63) is 58.6 Å². The average molecular weight is 347 g/mol. The molecule has 1 aromatic heterocycles. The molecule has 2 aromatic carbocycles. The Morgan fingerprint density at radius 1 is 1.15 bits per heavy atom. The second-order valence-corrected chi connectivity index (χ2v) is 6.76. The second-order valence-electron chi connectivity index (χ2n) is 4.79. The van der Waals surface area contributed by atoms with Gasteiger partial charge in [-0.2, -0.15) is 0 Å². The van der Waals surface area contributed by atoms with Crippen molar-refractivity contribution < 1.29 is 0 Å². The van der Waals surface area contributed by atoms with Crippen LogP contribution in [-0.4, -0.2) is 4.98 Å². The van der Waals surface area contributed by atoms with E-state index < -0.39 is 0 Å². The van der Waals surface area contributed by atoms with E-state index >= 15 is 0 Å². The molecule has 0 saturated carbocycles. The lowest BCUT2D eigenvalue weighted by Crippen LogP contribution is -2.05. The Hall–Kier alpha value is -1.23. The number of hydrogen-bond acceptors (Lipinski definition) is 2. The van der Waals surface area contributed by atoms with Crippen LogP contribution in [0.5, 0.6) is 0 Å². The summed E-state index contributed by atoms with van der Waals surface area (Å²) in [5, 5.41) is 2.38. The van der Waals surface area contributed by atoms with Gasteiger partial charge in [0, 0.05) is 26.3 Å². The molecule has 1 atom stereocenters. The van der Waals surface area contributed by atoms with E-state index in [4.69, 9.17) is 5.73 Å². The lowest BCUT2D eigenvalue weighted by Gasteiger charge is -2.09. The smallest absolute Gasteiger partial charge is 0.0780 e. The van der Waals surface area contributed by atoms with Crippen LogP contribution < -0.4 is 5.73 Å². The van der Waals surface area contributed by atoms with Crippen LogP contribution in [0.15, 0.2) is 62.9 Å². The summed E-state index contributed by atoms with van der Waals surface area (Å²) >= 11 is 5.31. The Morgan fingerprint density at radius 3 is 2.65 bits per heavy atom. The van der Waals surface area contributed by atoms with Crippen LogP contribution in [0.2, 0.25) is 0 Å². The van der Waals surface area contributed by atoms with Gasteiger partial charge in [-0.05, 0) is 36.8 Å². The van der Waals surface area contributed by atoms with E-state index in [1.165, 1.54) is 15.8 Å². The number of rotatable bonds is 3. The number of hydrogen-bond donors (Lipinski definition) is 2. The van der Waals surface area contributed by atoms with Gasteiger partial charge in [0.1, 0.15) is 0 Å². The Kier molecular flexibility index (Phi) is 3.87. The summed E-state index contributed by atoms with van der Waals surface area (Å²) < 4.78 is 1.06. The molecule has 0 amide bonds. The van der Waals surface area contributed by atoms with Gasteiger partial charge in [-0.15, -0.1) is 0 Å². The van der Waals surface area contributed by atoms with Crippen LogP contribution in [0.3, 0.4) is 0 Å². The second kappa shape index (κ2) is 5.64. The number of H-pyrrole nitrogens is 1. The Labute approximate surface area is 130 Å². The zero-order valence-electron chi connectivity index (χ0n) is 11.1. The highest BCUT2D eigenvalue weighted by atomic mass is 79.9. The van der Waals surface area contributed by atoms with Crippen LogP contribution >= 0.6 is 27.7 Å². The van der Waals surface area contributed by atoms with Gasteiger partial charge in [0.15, 0.2) is 0 Å². The fourth-order valence-electron chi connectivity index (χ4n) is 2.17. The van der Waals surface area contributed by atoms with Gasteiger partial charge in [-0.1, -0.05) is 52.0 Å². The molecule has 0 radical (unpaired) electrons. The summed E-state index contributed by atoms with van der Waals surface area (Å²) in [5.74, 6) is 0.